The minimum Gasteiger partial charge on any atom is -0.444 e. The topological polar surface area (TPSA) is 55.8 Å². The lowest BCUT2D eigenvalue weighted by atomic mass is 9.75. The average Bonchev–Trinajstić information content (AvgIpc) is 2.70. The molecule has 5 nitrogen and oxygen atoms in total. The molecule has 0 aliphatic carbocycles. The van der Waals surface area contributed by atoms with E-state index in [2.05, 4.69) is 0 Å². The van der Waals surface area contributed by atoms with E-state index >= 15 is 0 Å². The van der Waals surface area contributed by atoms with Crippen LogP contribution in [0.2, 0.25) is 0 Å². The molecule has 2 aliphatic rings. The molecule has 2 heterocycles. The summed E-state index contributed by atoms with van der Waals surface area (Å²) in [6, 6.07) is 0. The first-order valence-corrected chi connectivity index (χ1v) is 6.66. The van der Waals surface area contributed by atoms with Gasteiger partial charge in [0.25, 0.3) is 0 Å². The van der Waals surface area contributed by atoms with Crippen molar-refractivity contribution >= 4 is 12.0 Å². The van der Waals surface area contributed by atoms with Gasteiger partial charge in [-0.1, -0.05) is 0 Å². The summed E-state index contributed by atoms with van der Waals surface area (Å²) in [5.41, 5.74) is 0.0490. The lowest BCUT2D eigenvalue weighted by Gasteiger charge is -2.38. The first kappa shape index (κ1) is 14.1. The van der Waals surface area contributed by atoms with E-state index < -0.39 is 5.60 Å². The maximum absolute atomic E-state index is 12.0. The molecule has 0 aromatic heterocycles. The molecule has 1 spiro atoms. The predicted molar refractivity (Wildman–Crippen MR) is 69.5 cm³/mol. The van der Waals surface area contributed by atoms with Gasteiger partial charge >= 0.3 is 6.09 Å². The average molecular weight is 267 g/mol. The molecule has 106 valence electrons. The molecule has 2 aliphatic heterocycles. The molecular formula is C14H21NO4. The first-order chi connectivity index (χ1) is 8.86. The van der Waals surface area contributed by atoms with Crippen LogP contribution in [0.15, 0.2) is 5.57 Å². The van der Waals surface area contributed by atoms with Crippen LogP contribution >= 0.6 is 0 Å². The number of amides is 1. The van der Waals surface area contributed by atoms with Crippen LogP contribution < -0.4 is 0 Å². The van der Waals surface area contributed by atoms with Crippen molar-refractivity contribution in [2.45, 2.75) is 39.2 Å². The van der Waals surface area contributed by atoms with E-state index in [1.165, 1.54) is 0 Å². The molecule has 5 heteroatoms. The number of ether oxygens (including phenoxy) is 2. The molecule has 0 aromatic rings. The number of nitrogens with zero attached hydrogens (tertiary/aromatic N) is 1. The number of carbonyl (C=O) groups excluding carboxylic acids is 2. The van der Waals surface area contributed by atoms with Crippen molar-refractivity contribution in [1.82, 2.24) is 4.90 Å². The Morgan fingerprint density at radius 2 is 2.00 bits per heavy atom. The number of rotatable bonds is 0. The zero-order valence-electron chi connectivity index (χ0n) is 11.8. The van der Waals surface area contributed by atoms with Crippen molar-refractivity contribution < 1.29 is 19.1 Å². The summed E-state index contributed by atoms with van der Waals surface area (Å²) in [5.74, 6) is 2.01. The Bertz CT molecular complexity index is 410. The smallest absolute Gasteiger partial charge is 0.410 e. The summed E-state index contributed by atoms with van der Waals surface area (Å²) in [7, 11) is 0. The van der Waals surface area contributed by atoms with Crippen LogP contribution in [0.4, 0.5) is 4.79 Å². The highest BCUT2D eigenvalue weighted by atomic mass is 16.6. The summed E-state index contributed by atoms with van der Waals surface area (Å²) in [5, 5.41) is 0. The Labute approximate surface area is 113 Å². The number of likely N-dealkylation sites (tertiary alicyclic amines) is 1. The molecular weight excluding hydrogens is 246 g/mol. The molecule has 0 unspecified atom stereocenters. The van der Waals surface area contributed by atoms with Gasteiger partial charge in [-0.05, 0) is 33.6 Å². The van der Waals surface area contributed by atoms with Crippen molar-refractivity contribution in [3.8, 4) is 0 Å². The SMILES string of the molecule is CC(C)(C)OC(=O)N1CCC2(CC1)COCC2=C=O. The fraction of sp³-hybridized carbons (Fsp3) is 0.786. The standard InChI is InChI=1S/C14H21NO4/c1-13(2,3)19-12(17)15-6-4-14(5-7-15)10-18-9-11(14)8-16/h4-7,9-10H2,1-3H3. The van der Waals surface area contributed by atoms with Crippen LogP contribution in [-0.4, -0.2) is 48.8 Å². The van der Waals surface area contributed by atoms with Crippen LogP contribution in [0, 0.1) is 5.41 Å². The highest BCUT2D eigenvalue weighted by Gasteiger charge is 2.44. The second-order valence-corrected chi connectivity index (χ2v) is 6.32. The molecule has 2 saturated heterocycles. The van der Waals surface area contributed by atoms with Crippen LogP contribution in [-0.2, 0) is 14.3 Å². The van der Waals surface area contributed by atoms with Gasteiger partial charge in [0.15, 0.2) is 0 Å². The molecule has 2 fully saturated rings. The Morgan fingerprint density at radius 3 is 2.53 bits per heavy atom. The van der Waals surface area contributed by atoms with Gasteiger partial charge < -0.3 is 14.4 Å². The zero-order valence-corrected chi connectivity index (χ0v) is 11.8. The fourth-order valence-electron chi connectivity index (χ4n) is 2.62. The van der Waals surface area contributed by atoms with Gasteiger partial charge in [-0.15, -0.1) is 0 Å². The van der Waals surface area contributed by atoms with Crippen molar-refractivity contribution in [2.75, 3.05) is 26.3 Å². The number of hydrogen-bond donors (Lipinski definition) is 0. The van der Waals surface area contributed by atoms with Crippen LogP contribution in [0.5, 0.6) is 0 Å². The van der Waals surface area contributed by atoms with E-state index in [0.29, 0.717) is 26.3 Å². The van der Waals surface area contributed by atoms with E-state index in [1.807, 2.05) is 26.7 Å². The highest BCUT2D eigenvalue weighted by Crippen LogP contribution is 2.42. The predicted octanol–water partition coefficient (Wildman–Crippen LogP) is 1.79. The number of piperidine rings is 1. The molecule has 0 aromatic carbocycles. The van der Waals surface area contributed by atoms with E-state index in [4.69, 9.17) is 9.47 Å². The molecule has 0 saturated carbocycles. The Hall–Kier alpha value is -1.32. The van der Waals surface area contributed by atoms with Gasteiger partial charge in [-0.2, -0.15) is 0 Å². The number of carbonyl (C=O) groups is 1. The third kappa shape index (κ3) is 2.99. The second kappa shape index (κ2) is 4.99. The summed E-state index contributed by atoms with van der Waals surface area (Å²) >= 11 is 0. The van der Waals surface area contributed by atoms with E-state index in [-0.39, 0.29) is 11.5 Å². The van der Waals surface area contributed by atoms with Crippen molar-refractivity contribution in [2.24, 2.45) is 5.41 Å². The van der Waals surface area contributed by atoms with Crippen LogP contribution in [0.3, 0.4) is 0 Å². The Balaban J connectivity index is 1.96. The molecule has 0 atom stereocenters. The van der Waals surface area contributed by atoms with Gasteiger partial charge in [0.05, 0.1) is 13.2 Å². The Kier molecular flexibility index (Phi) is 3.70. The molecule has 0 bridgehead atoms. The first-order valence-electron chi connectivity index (χ1n) is 6.66. The van der Waals surface area contributed by atoms with Gasteiger partial charge in [0, 0.05) is 24.1 Å². The normalized spacial score (nSPS) is 22.5. The van der Waals surface area contributed by atoms with Gasteiger partial charge in [-0.25, -0.2) is 9.59 Å². The van der Waals surface area contributed by atoms with Gasteiger partial charge in [0.2, 0.25) is 0 Å². The minimum atomic E-state index is -0.476. The van der Waals surface area contributed by atoms with Crippen LogP contribution in [0.25, 0.3) is 0 Å². The lowest BCUT2D eigenvalue weighted by molar-refractivity contribution is 0.0110. The van der Waals surface area contributed by atoms with Crippen molar-refractivity contribution in [1.29, 1.82) is 0 Å². The maximum Gasteiger partial charge on any atom is 0.410 e. The molecule has 2 rings (SSSR count). The monoisotopic (exact) mass is 267 g/mol. The fourth-order valence-corrected chi connectivity index (χ4v) is 2.62. The molecule has 0 N–H and O–H groups in total. The summed E-state index contributed by atoms with van der Waals surface area (Å²) in [4.78, 5) is 24.6. The summed E-state index contributed by atoms with van der Waals surface area (Å²) in [6.07, 6.45) is 1.21. The van der Waals surface area contributed by atoms with Gasteiger partial charge in [-0.3, -0.25) is 0 Å². The van der Waals surface area contributed by atoms with E-state index in [1.54, 1.807) is 4.90 Å². The van der Waals surface area contributed by atoms with E-state index in [0.717, 1.165) is 18.4 Å². The third-order valence-electron chi connectivity index (χ3n) is 3.76. The molecule has 19 heavy (non-hydrogen) atoms. The Morgan fingerprint density at radius 1 is 1.37 bits per heavy atom. The third-order valence-corrected chi connectivity index (χ3v) is 3.76. The van der Waals surface area contributed by atoms with Crippen LogP contribution in [0.1, 0.15) is 33.6 Å². The largest absolute Gasteiger partial charge is 0.444 e. The zero-order chi connectivity index (χ0) is 14.1. The van der Waals surface area contributed by atoms with E-state index in [9.17, 15) is 9.59 Å². The number of hydrogen-bond acceptors (Lipinski definition) is 4. The summed E-state index contributed by atoms with van der Waals surface area (Å²) < 4.78 is 10.7. The molecule has 1 amide bonds. The lowest BCUT2D eigenvalue weighted by Crippen LogP contribution is -2.46. The van der Waals surface area contributed by atoms with Gasteiger partial charge in [0.1, 0.15) is 11.5 Å². The van der Waals surface area contributed by atoms with Crippen molar-refractivity contribution in [3.05, 3.63) is 5.57 Å². The minimum absolute atomic E-state index is 0.194. The second-order valence-electron chi connectivity index (χ2n) is 6.32. The quantitative estimate of drug-likeness (QED) is 0.628. The highest BCUT2D eigenvalue weighted by molar-refractivity contribution is 5.68. The maximum atomic E-state index is 12.0. The molecule has 0 radical (unpaired) electrons. The summed E-state index contributed by atoms with van der Waals surface area (Å²) in [6.45, 7) is 7.72. The van der Waals surface area contributed by atoms with Crippen molar-refractivity contribution in [3.63, 3.8) is 0 Å².